The molecular formula is C28H34FN2O3+. The Kier molecular flexibility index (Phi) is 6.79. The lowest BCUT2D eigenvalue weighted by atomic mass is 9.82. The zero-order valence-electron chi connectivity index (χ0n) is 19.7. The SMILES string of the molecule is O=C(C[N+]12CCC(CC1)[C@@H](OC(=O)C(c1ccccc1)N1CCCCC1)C2)c1ccc(F)cc1. The summed E-state index contributed by atoms with van der Waals surface area (Å²) in [5.74, 6) is -0.102. The van der Waals surface area contributed by atoms with E-state index in [9.17, 15) is 14.0 Å². The maximum Gasteiger partial charge on any atom is 0.328 e. The summed E-state index contributed by atoms with van der Waals surface area (Å²) in [5, 5.41) is 0. The maximum atomic E-state index is 13.6. The van der Waals surface area contributed by atoms with E-state index in [1.165, 1.54) is 18.6 Å². The third-order valence-corrected chi connectivity index (χ3v) is 8.05. The van der Waals surface area contributed by atoms with E-state index >= 15 is 0 Å². The molecule has 34 heavy (non-hydrogen) atoms. The Bertz CT molecular complexity index is 996. The molecule has 0 aromatic heterocycles. The number of hydrogen-bond donors (Lipinski definition) is 0. The second-order valence-electron chi connectivity index (χ2n) is 10.3. The van der Waals surface area contributed by atoms with Crippen LogP contribution in [0.1, 0.15) is 54.1 Å². The maximum absolute atomic E-state index is 13.6. The molecule has 6 heteroatoms. The number of likely N-dealkylation sites (tertiary alicyclic amines) is 1. The number of ether oxygens (including phenoxy) is 1. The van der Waals surface area contributed by atoms with Crippen LogP contribution in [0.25, 0.3) is 0 Å². The van der Waals surface area contributed by atoms with Gasteiger partial charge in [-0.15, -0.1) is 0 Å². The number of nitrogens with zero attached hydrogens (tertiary/aromatic N) is 2. The molecule has 0 saturated carbocycles. The number of carbonyl (C=O) groups excluding carboxylic acids is 2. The lowest BCUT2D eigenvalue weighted by Gasteiger charge is -2.51. The molecule has 0 N–H and O–H groups in total. The molecule has 0 amide bonds. The Labute approximate surface area is 201 Å². The first kappa shape index (κ1) is 23.2. The first-order valence-electron chi connectivity index (χ1n) is 12.7. The minimum Gasteiger partial charge on any atom is -0.455 e. The summed E-state index contributed by atoms with van der Waals surface area (Å²) in [7, 11) is 0. The molecular weight excluding hydrogens is 431 g/mol. The fraction of sp³-hybridized carbons (Fsp3) is 0.500. The Balaban J connectivity index is 1.30. The predicted octanol–water partition coefficient (Wildman–Crippen LogP) is 4.39. The molecule has 0 radical (unpaired) electrons. The summed E-state index contributed by atoms with van der Waals surface area (Å²) < 4.78 is 20.2. The van der Waals surface area contributed by atoms with E-state index < -0.39 is 0 Å². The van der Waals surface area contributed by atoms with Gasteiger partial charge in [-0.1, -0.05) is 36.8 Å². The molecule has 0 aliphatic carbocycles. The standard InChI is InChI=1S/C28H34FN2O3/c29-24-11-9-21(10-12-24)25(32)19-31-17-13-22(14-18-31)26(20-31)34-28(33)27(23-7-3-1-4-8-23)30-15-5-2-6-16-30/h1,3-4,7-12,22,26-27H,2,5-6,13-20H2/q+1/t22?,26-,27?,31?/m0/s1. The lowest BCUT2D eigenvalue weighted by molar-refractivity contribution is -0.938. The van der Waals surface area contributed by atoms with Crippen LogP contribution in [0.4, 0.5) is 4.39 Å². The number of piperidine rings is 4. The van der Waals surface area contributed by atoms with Crippen LogP contribution in [0.2, 0.25) is 0 Å². The number of hydrogen-bond acceptors (Lipinski definition) is 4. The first-order chi connectivity index (χ1) is 16.5. The van der Waals surface area contributed by atoms with Crippen molar-refractivity contribution in [3.8, 4) is 0 Å². The quantitative estimate of drug-likeness (QED) is 0.346. The number of halogens is 1. The highest BCUT2D eigenvalue weighted by Gasteiger charge is 2.49. The zero-order valence-corrected chi connectivity index (χ0v) is 19.7. The van der Waals surface area contributed by atoms with Gasteiger partial charge >= 0.3 is 5.97 Å². The van der Waals surface area contributed by atoms with Gasteiger partial charge in [-0.2, -0.15) is 0 Å². The van der Waals surface area contributed by atoms with Gasteiger partial charge in [0.15, 0.2) is 6.10 Å². The monoisotopic (exact) mass is 465 g/mol. The Morgan fingerprint density at radius 2 is 1.65 bits per heavy atom. The third-order valence-electron chi connectivity index (χ3n) is 8.05. The summed E-state index contributed by atoms with van der Waals surface area (Å²) >= 11 is 0. The van der Waals surface area contributed by atoms with E-state index in [2.05, 4.69) is 4.90 Å². The normalized spacial score (nSPS) is 27.8. The van der Waals surface area contributed by atoms with E-state index in [4.69, 9.17) is 4.74 Å². The Morgan fingerprint density at radius 3 is 2.32 bits per heavy atom. The molecule has 4 saturated heterocycles. The van der Waals surface area contributed by atoms with Crippen molar-refractivity contribution in [1.29, 1.82) is 0 Å². The van der Waals surface area contributed by atoms with Crippen molar-refractivity contribution in [2.45, 2.75) is 44.2 Å². The number of carbonyl (C=O) groups is 2. The molecule has 2 bridgehead atoms. The second-order valence-corrected chi connectivity index (χ2v) is 10.3. The molecule has 4 aliphatic heterocycles. The molecule has 4 fully saturated rings. The molecule has 2 aromatic rings. The van der Waals surface area contributed by atoms with Gasteiger partial charge in [0.2, 0.25) is 5.78 Å². The number of Topliss-reactive ketones (excluding diaryl/α,β-unsaturated/α-hetero) is 1. The highest BCUT2D eigenvalue weighted by atomic mass is 19.1. The van der Waals surface area contributed by atoms with Crippen LogP contribution in [0.15, 0.2) is 54.6 Å². The fourth-order valence-corrected chi connectivity index (χ4v) is 6.13. The number of rotatable bonds is 7. The number of quaternary nitrogens is 1. The number of fused-ring (bicyclic) bond motifs is 3. The van der Waals surface area contributed by atoms with Gasteiger partial charge in [0.1, 0.15) is 24.9 Å². The highest BCUT2D eigenvalue weighted by molar-refractivity contribution is 5.97. The Morgan fingerprint density at radius 1 is 0.971 bits per heavy atom. The van der Waals surface area contributed by atoms with Crippen molar-refractivity contribution in [3.63, 3.8) is 0 Å². The van der Waals surface area contributed by atoms with E-state index in [1.54, 1.807) is 12.1 Å². The molecule has 2 atom stereocenters. The Hall–Kier alpha value is -2.57. The average Bonchev–Trinajstić information content (AvgIpc) is 2.86. The minimum atomic E-state index is -0.369. The summed E-state index contributed by atoms with van der Waals surface area (Å²) in [6.45, 7) is 4.75. The van der Waals surface area contributed by atoms with Crippen molar-refractivity contribution in [1.82, 2.24) is 4.90 Å². The number of ketones is 1. The van der Waals surface area contributed by atoms with Crippen LogP contribution < -0.4 is 0 Å². The molecule has 5 nitrogen and oxygen atoms in total. The number of benzene rings is 2. The van der Waals surface area contributed by atoms with Gasteiger partial charge in [-0.3, -0.25) is 9.69 Å². The molecule has 0 spiro atoms. The van der Waals surface area contributed by atoms with Crippen LogP contribution in [-0.2, 0) is 9.53 Å². The summed E-state index contributed by atoms with van der Waals surface area (Å²) in [5.41, 5.74) is 1.54. The summed E-state index contributed by atoms with van der Waals surface area (Å²) in [4.78, 5) is 28.8. The molecule has 4 heterocycles. The van der Waals surface area contributed by atoms with Crippen molar-refractivity contribution < 1.29 is 23.2 Å². The molecule has 180 valence electrons. The van der Waals surface area contributed by atoms with Gasteiger partial charge in [-0.05, 0) is 55.8 Å². The van der Waals surface area contributed by atoms with Gasteiger partial charge in [0.05, 0.1) is 13.1 Å². The molecule has 6 rings (SSSR count). The summed E-state index contributed by atoms with van der Waals surface area (Å²) in [6.07, 6.45) is 5.19. The van der Waals surface area contributed by atoms with Crippen molar-refractivity contribution >= 4 is 11.8 Å². The van der Waals surface area contributed by atoms with E-state index in [1.807, 2.05) is 30.3 Å². The topological polar surface area (TPSA) is 46.6 Å². The van der Waals surface area contributed by atoms with Gasteiger partial charge < -0.3 is 9.22 Å². The van der Waals surface area contributed by atoms with Crippen LogP contribution >= 0.6 is 0 Å². The van der Waals surface area contributed by atoms with Crippen molar-refractivity contribution in [2.75, 3.05) is 39.3 Å². The van der Waals surface area contributed by atoms with Crippen molar-refractivity contribution in [2.24, 2.45) is 5.92 Å². The van der Waals surface area contributed by atoms with Crippen LogP contribution in [0.5, 0.6) is 0 Å². The van der Waals surface area contributed by atoms with E-state index in [0.717, 1.165) is 57.4 Å². The van der Waals surface area contributed by atoms with Crippen LogP contribution in [0, 0.1) is 11.7 Å². The minimum absolute atomic E-state index is 0.0286. The van der Waals surface area contributed by atoms with Gasteiger partial charge in [0, 0.05) is 24.3 Å². The summed E-state index contributed by atoms with van der Waals surface area (Å²) in [6, 6.07) is 15.4. The zero-order chi connectivity index (χ0) is 23.5. The molecule has 1 unspecified atom stereocenters. The van der Waals surface area contributed by atoms with Gasteiger partial charge in [0.25, 0.3) is 0 Å². The predicted molar refractivity (Wildman–Crippen MR) is 128 cm³/mol. The van der Waals surface area contributed by atoms with Crippen LogP contribution in [0.3, 0.4) is 0 Å². The first-order valence-corrected chi connectivity index (χ1v) is 12.7. The number of esters is 1. The lowest BCUT2D eigenvalue weighted by Crippen LogP contribution is -2.66. The molecule has 4 aliphatic rings. The molecule has 2 aromatic carbocycles. The highest BCUT2D eigenvalue weighted by Crippen LogP contribution is 2.37. The van der Waals surface area contributed by atoms with Gasteiger partial charge in [-0.25, -0.2) is 9.18 Å². The second kappa shape index (κ2) is 9.96. The van der Waals surface area contributed by atoms with Crippen molar-refractivity contribution in [3.05, 3.63) is 71.5 Å². The largest absolute Gasteiger partial charge is 0.455 e. The van der Waals surface area contributed by atoms with E-state index in [-0.39, 0.29) is 29.7 Å². The van der Waals surface area contributed by atoms with Crippen LogP contribution in [-0.4, -0.2) is 66.5 Å². The average molecular weight is 466 g/mol. The fourth-order valence-electron chi connectivity index (χ4n) is 6.13. The van der Waals surface area contributed by atoms with E-state index in [0.29, 0.717) is 29.1 Å². The third kappa shape index (κ3) is 4.93. The smallest absolute Gasteiger partial charge is 0.328 e.